The van der Waals surface area contributed by atoms with E-state index >= 15 is 0 Å². The van der Waals surface area contributed by atoms with Gasteiger partial charge in [-0.2, -0.15) is 5.26 Å². The van der Waals surface area contributed by atoms with E-state index in [-0.39, 0.29) is 0 Å². The minimum atomic E-state index is 0.429. The van der Waals surface area contributed by atoms with Crippen molar-refractivity contribution in [2.24, 2.45) is 0 Å². The molecule has 0 atom stereocenters. The van der Waals surface area contributed by atoms with Crippen LogP contribution in [0.3, 0.4) is 0 Å². The first-order chi connectivity index (χ1) is 9.19. The lowest BCUT2D eigenvalue weighted by atomic mass is 10.3. The third kappa shape index (κ3) is 3.95. The molecule has 0 aliphatic rings. The maximum Gasteiger partial charge on any atom is 0.120 e. The smallest absolute Gasteiger partial charge is 0.120 e. The number of halogens is 1. The van der Waals surface area contributed by atoms with Crippen LogP contribution in [0.1, 0.15) is 15.6 Å². The molecule has 0 radical (unpaired) electrons. The number of aryl methyl sites for hydroxylation is 1. The van der Waals surface area contributed by atoms with Crippen molar-refractivity contribution in [3.63, 3.8) is 0 Å². The van der Waals surface area contributed by atoms with Crippen molar-refractivity contribution in [2.75, 3.05) is 6.61 Å². The first-order valence-electron chi connectivity index (χ1n) is 5.89. The Bertz CT molecular complexity index is 604. The van der Waals surface area contributed by atoms with Crippen molar-refractivity contribution >= 4 is 22.9 Å². The van der Waals surface area contributed by atoms with Crippen LogP contribution < -0.4 is 4.74 Å². The van der Waals surface area contributed by atoms with Crippen molar-refractivity contribution < 1.29 is 4.74 Å². The summed E-state index contributed by atoms with van der Waals surface area (Å²) in [5.74, 6) is 0.762. The summed E-state index contributed by atoms with van der Waals surface area (Å²) in [5, 5.41) is 10.4. The fourth-order valence-corrected chi connectivity index (χ4v) is 2.81. The zero-order valence-electron chi connectivity index (χ0n) is 10.5. The zero-order chi connectivity index (χ0) is 13.7. The lowest BCUT2D eigenvalue weighted by molar-refractivity contribution is 0.322. The van der Waals surface area contributed by atoms with E-state index in [1.807, 2.05) is 25.1 Å². The first-order valence-corrected chi connectivity index (χ1v) is 7.09. The Labute approximate surface area is 121 Å². The highest BCUT2D eigenvalue weighted by Crippen LogP contribution is 2.20. The van der Waals surface area contributed by atoms with Crippen LogP contribution in [0.2, 0.25) is 5.02 Å². The van der Waals surface area contributed by atoms with Gasteiger partial charge in [0.15, 0.2) is 0 Å². The monoisotopic (exact) mass is 292 g/mol. The largest absolute Gasteiger partial charge is 0.493 e. The van der Waals surface area contributed by atoms with E-state index in [4.69, 9.17) is 21.6 Å². The molecule has 0 saturated heterocycles. The van der Waals surface area contributed by atoms with Gasteiger partial charge in [-0.25, -0.2) is 4.98 Å². The average Bonchev–Trinajstić information content (AvgIpc) is 2.71. The van der Waals surface area contributed by atoms with Gasteiger partial charge in [-0.3, -0.25) is 0 Å². The maximum atomic E-state index is 8.70. The number of hydrogen-bond donors (Lipinski definition) is 0. The highest BCUT2D eigenvalue weighted by Gasteiger charge is 2.07. The molecular weight excluding hydrogens is 280 g/mol. The van der Waals surface area contributed by atoms with Gasteiger partial charge in [0.05, 0.1) is 29.8 Å². The number of aromatic nitrogens is 1. The van der Waals surface area contributed by atoms with Gasteiger partial charge < -0.3 is 4.74 Å². The Morgan fingerprint density at radius 1 is 1.47 bits per heavy atom. The fraction of sp³-hybridized carbons (Fsp3) is 0.286. The van der Waals surface area contributed by atoms with Gasteiger partial charge in [-0.1, -0.05) is 17.7 Å². The van der Waals surface area contributed by atoms with Crippen molar-refractivity contribution in [1.29, 1.82) is 5.26 Å². The van der Waals surface area contributed by atoms with E-state index < -0.39 is 0 Å². The van der Waals surface area contributed by atoms with Gasteiger partial charge in [-0.05, 0) is 25.1 Å². The second-order valence-corrected chi connectivity index (χ2v) is 5.61. The quantitative estimate of drug-likeness (QED) is 0.842. The van der Waals surface area contributed by atoms with Gasteiger partial charge in [0.1, 0.15) is 5.75 Å². The molecule has 0 amide bonds. The molecule has 0 aliphatic heterocycles. The van der Waals surface area contributed by atoms with E-state index in [1.54, 1.807) is 17.4 Å². The number of ether oxygens (including phenoxy) is 1. The molecule has 1 heterocycles. The number of nitriles is 1. The molecule has 0 aliphatic carbocycles. The summed E-state index contributed by atoms with van der Waals surface area (Å²) in [6.07, 6.45) is 1.17. The summed E-state index contributed by atoms with van der Waals surface area (Å²) >= 11 is 7.46. The molecular formula is C14H13ClN2OS. The van der Waals surface area contributed by atoms with Crippen LogP contribution in [0.15, 0.2) is 24.3 Å². The molecule has 2 rings (SSSR count). The lowest BCUT2D eigenvalue weighted by Crippen LogP contribution is -2.00. The number of hydrogen-bond acceptors (Lipinski definition) is 4. The average molecular weight is 293 g/mol. The van der Waals surface area contributed by atoms with Crippen molar-refractivity contribution in [3.05, 3.63) is 44.9 Å². The van der Waals surface area contributed by atoms with Crippen LogP contribution in [-0.4, -0.2) is 11.6 Å². The van der Waals surface area contributed by atoms with Crippen molar-refractivity contribution in [2.45, 2.75) is 19.8 Å². The van der Waals surface area contributed by atoms with Crippen LogP contribution in [0.5, 0.6) is 5.75 Å². The van der Waals surface area contributed by atoms with E-state index in [1.165, 1.54) is 0 Å². The van der Waals surface area contributed by atoms with E-state index in [2.05, 4.69) is 11.1 Å². The molecule has 0 bridgehead atoms. The van der Waals surface area contributed by atoms with Crippen LogP contribution in [-0.2, 0) is 12.8 Å². The van der Waals surface area contributed by atoms with Gasteiger partial charge in [0.25, 0.3) is 0 Å². The summed E-state index contributed by atoms with van der Waals surface area (Å²) < 4.78 is 5.62. The normalized spacial score (nSPS) is 10.2. The fourth-order valence-electron chi connectivity index (χ4n) is 1.64. The molecule has 0 spiro atoms. The Kier molecular flexibility index (Phi) is 4.78. The second kappa shape index (κ2) is 6.55. The van der Waals surface area contributed by atoms with Crippen molar-refractivity contribution in [1.82, 2.24) is 4.98 Å². The lowest BCUT2D eigenvalue weighted by Gasteiger charge is -2.04. The van der Waals surface area contributed by atoms with Gasteiger partial charge in [0, 0.05) is 16.3 Å². The standard InChI is InChI=1S/C14H13ClN2OS/c1-10-13(5-7-16)19-14(17-10)6-8-18-12-4-2-3-11(15)9-12/h2-4,9H,5-6,8H2,1H3. The molecule has 0 fully saturated rings. The van der Waals surface area contributed by atoms with Crippen LogP contribution in [0, 0.1) is 18.3 Å². The molecule has 98 valence electrons. The van der Waals surface area contributed by atoms with Crippen LogP contribution in [0.4, 0.5) is 0 Å². The molecule has 0 unspecified atom stereocenters. The maximum absolute atomic E-state index is 8.70. The third-order valence-corrected chi connectivity index (χ3v) is 4.01. The topological polar surface area (TPSA) is 45.9 Å². The summed E-state index contributed by atoms with van der Waals surface area (Å²) in [6.45, 7) is 2.49. The predicted octanol–water partition coefficient (Wildman–Crippen LogP) is 3.79. The number of nitrogens with zero attached hydrogens (tertiary/aromatic N) is 2. The van der Waals surface area contributed by atoms with E-state index in [0.29, 0.717) is 18.1 Å². The van der Waals surface area contributed by atoms with Crippen LogP contribution >= 0.6 is 22.9 Å². The Morgan fingerprint density at radius 2 is 2.32 bits per heavy atom. The minimum absolute atomic E-state index is 0.429. The molecule has 0 N–H and O–H groups in total. The third-order valence-electron chi connectivity index (χ3n) is 2.56. The Morgan fingerprint density at radius 3 is 3.05 bits per heavy atom. The first kappa shape index (κ1) is 13.9. The number of rotatable bonds is 5. The molecule has 1 aromatic carbocycles. The van der Waals surface area contributed by atoms with Gasteiger partial charge >= 0.3 is 0 Å². The Balaban J connectivity index is 1.89. The zero-order valence-corrected chi connectivity index (χ0v) is 12.1. The molecule has 2 aromatic rings. The highest BCUT2D eigenvalue weighted by atomic mass is 35.5. The summed E-state index contributed by atoms with van der Waals surface area (Å²) in [6, 6.07) is 9.48. The Hall–Kier alpha value is -1.57. The molecule has 3 nitrogen and oxygen atoms in total. The molecule has 1 aromatic heterocycles. The predicted molar refractivity (Wildman–Crippen MR) is 76.8 cm³/mol. The highest BCUT2D eigenvalue weighted by molar-refractivity contribution is 7.11. The summed E-state index contributed by atoms with van der Waals surface area (Å²) in [5.41, 5.74) is 0.948. The van der Waals surface area contributed by atoms with E-state index in [0.717, 1.165) is 27.7 Å². The minimum Gasteiger partial charge on any atom is -0.493 e. The van der Waals surface area contributed by atoms with Gasteiger partial charge in [-0.15, -0.1) is 11.3 Å². The number of benzene rings is 1. The van der Waals surface area contributed by atoms with Crippen LogP contribution in [0.25, 0.3) is 0 Å². The molecule has 0 saturated carbocycles. The molecule has 5 heteroatoms. The van der Waals surface area contributed by atoms with E-state index in [9.17, 15) is 0 Å². The number of thiazole rings is 1. The van der Waals surface area contributed by atoms with Crippen molar-refractivity contribution in [3.8, 4) is 11.8 Å². The SMILES string of the molecule is Cc1nc(CCOc2cccc(Cl)c2)sc1CC#N. The second-order valence-electron chi connectivity index (χ2n) is 4.01. The van der Waals surface area contributed by atoms with Gasteiger partial charge in [0.2, 0.25) is 0 Å². The molecule has 19 heavy (non-hydrogen) atoms. The summed E-state index contributed by atoms with van der Waals surface area (Å²) in [4.78, 5) is 5.48. The summed E-state index contributed by atoms with van der Waals surface area (Å²) in [7, 11) is 0.